The van der Waals surface area contributed by atoms with Crippen LogP contribution in [0.1, 0.15) is 37.5 Å². The summed E-state index contributed by atoms with van der Waals surface area (Å²) in [6.45, 7) is 6.47. The quantitative estimate of drug-likeness (QED) is 0.364. The van der Waals surface area contributed by atoms with Crippen LogP contribution < -0.4 is 9.47 Å². The first-order chi connectivity index (χ1) is 15.9. The van der Waals surface area contributed by atoms with Gasteiger partial charge in [0.25, 0.3) is 0 Å². The molecule has 0 bridgehead atoms. The van der Waals surface area contributed by atoms with Crippen LogP contribution >= 0.6 is 11.3 Å². The zero-order valence-electron chi connectivity index (χ0n) is 19.5. The Hall–Kier alpha value is -2.54. The maximum Gasteiger partial charge on any atom is 0.128 e. The Morgan fingerprint density at radius 3 is 2.91 bits per heavy atom. The minimum atomic E-state index is -0.535. The number of aliphatic hydroxyl groups is 1. The van der Waals surface area contributed by atoms with Gasteiger partial charge in [0.05, 0.1) is 7.11 Å². The van der Waals surface area contributed by atoms with Crippen LogP contribution in [0.3, 0.4) is 0 Å². The fourth-order valence-corrected chi connectivity index (χ4v) is 6.29. The molecule has 1 aliphatic heterocycles. The number of β-amino-alcohol motifs (C(OH)–C–C–N with tert-alkyl or cyclic N) is 1. The topological polar surface area (TPSA) is 57.7 Å². The molecule has 6 heteroatoms. The van der Waals surface area contributed by atoms with Crippen molar-refractivity contribution in [2.24, 2.45) is 0 Å². The van der Waals surface area contributed by atoms with E-state index in [9.17, 15) is 5.11 Å². The SMILES string of the molecule is COc1ccc2cc([C@H]3CCN(C[C@H](O)COc4cccc5[nH]ccc45)C(C)(C)C3)sc2c1. The predicted octanol–water partition coefficient (Wildman–Crippen LogP) is 5.79. The highest BCUT2D eigenvalue weighted by Crippen LogP contribution is 2.42. The number of aromatic nitrogens is 1. The number of methoxy groups -OCH3 is 1. The van der Waals surface area contributed by atoms with Gasteiger partial charge in [0, 0.05) is 38.8 Å². The zero-order chi connectivity index (χ0) is 23.0. The van der Waals surface area contributed by atoms with E-state index in [-0.39, 0.29) is 5.54 Å². The van der Waals surface area contributed by atoms with Gasteiger partial charge in [0.1, 0.15) is 24.2 Å². The molecule has 4 aromatic rings. The number of fused-ring (bicyclic) bond motifs is 2. The molecule has 3 heterocycles. The Kier molecular flexibility index (Phi) is 6.08. The molecule has 0 saturated carbocycles. The summed E-state index contributed by atoms with van der Waals surface area (Å²) in [5.74, 6) is 2.27. The van der Waals surface area contributed by atoms with Crippen molar-refractivity contribution in [3.8, 4) is 11.5 Å². The van der Waals surface area contributed by atoms with Crippen LogP contribution in [0.5, 0.6) is 11.5 Å². The van der Waals surface area contributed by atoms with Gasteiger partial charge in [-0.1, -0.05) is 6.07 Å². The first-order valence-electron chi connectivity index (χ1n) is 11.6. The van der Waals surface area contributed by atoms with E-state index in [0.717, 1.165) is 41.8 Å². The minimum Gasteiger partial charge on any atom is -0.497 e. The standard InChI is InChI=1S/C27H32N2O3S/c1-27(2)15-19(25-13-18-7-8-21(31-3)14-26(18)33-25)10-12-29(27)16-20(30)17-32-24-6-4-5-23-22(24)9-11-28-23/h4-9,11,13-14,19-20,28,30H,10,12,15-17H2,1-3H3/t19-,20-/m0/s1. The number of likely N-dealkylation sites (tertiary alicyclic amines) is 1. The van der Waals surface area contributed by atoms with E-state index in [1.165, 1.54) is 15.0 Å². The van der Waals surface area contributed by atoms with Crippen LogP contribution in [0.2, 0.25) is 0 Å². The van der Waals surface area contributed by atoms with Crippen molar-refractivity contribution in [3.05, 3.63) is 59.6 Å². The smallest absolute Gasteiger partial charge is 0.128 e. The minimum absolute atomic E-state index is 0.0123. The first-order valence-corrected chi connectivity index (χ1v) is 12.4. The third kappa shape index (κ3) is 4.60. The lowest BCUT2D eigenvalue weighted by Gasteiger charge is -2.46. The number of nitrogens with zero attached hydrogens (tertiary/aromatic N) is 1. The highest BCUT2D eigenvalue weighted by molar-refractivity contribution is 7.19. The van der Waals surface area contributed by atoms with Crippen molar-refractivity contribution in [1.82, 2.24) is 9.88 Å². The number of nitrogens with one attached hydrogen (secondary N) is 1. The Morgan fingerprint density at radius 2 is 2.09 bits per heavy atom. The van der Waals surface area contributed by atoms with E-state index in [1.54, 1.807) is 7.11 Å². The van der Waals surface area contributed by atoms with Crippen molar-refractivity contribution in [2.45, 2.75) is 44.2 Å². The van der Waals surface area contributed by atoms with E-state index >= 15 is 0 Å². The van der Waals surface area contributed by atoms with Crippen LogP contribution in [0, 0.1) is 0 Å². The molecule has 1 saturated heterocycles. The first kappa shape index (κ1) is 22.3. The lowest BCUT2D eigenvalue weighted by atomic mass is 9.81. The number of aromatic amines is 1. The molecule has 0 unspecified atom stereocenters. The van der Waals surface area contributed by atoms with E-state index < -0.39 is 6.10 Å². The molecular formula is C27H32N2O3S. The number of rotatable bonds is 7. The Labute approximate surface area is 198 Å². The molecule has 2 aromatic carbocycles. The number of ether oxygens (including phenoxy) is 2. The summed E-state index contributed by atoms with van der Waals surface area (Å²) < 4.78 is 12.7. The summed E-state index contributed by atoms with van der Waals surface area (Å²) in [5.41, 5.74) is 1.06. The number of thiophene rings is 1. The number of aliphatic hydroxyl groups excluding tert-OH is 1. The number of benzene rings is 2. The molecule has 0 aliphatic carbocycles. The molecule has 1 aliphatic rings. The summed E-state index contributed by atoms with van der Waals surface area (Å²) in [4.78, 5) is 7.07. The van der Waals surface area contributed by atoms with Crippen LogP contribution in [0.4, 0.5) is 0 Å². The molecule has 1 fully saturated rings. The molecule has 2 atom stereocenters. The molecule has 5 nitrogen and oxygen atoms in total. The number of hydrogen-bond donors (Lipinski definition) is 2. The second kappa shape index (κ2) is 9.01. The van der Waals surface area contributed by atoms with Crippen molar-refractivity contribution in [1.29, 1.82) is 0 Å². The van der Waals surface area contributed by atoms with E-state index in [0.29, 0.717) is 19.1 Å². The third-order valence-electron chi connectivity index (χ3n) is 6.92. The van der Waals surface area contributed by atoms with Crippen molar-refractivity contribution in [3.63, 3.8) is 0 Å². The molecule has 0 radical (unpaired) electrons. The predicted molar refractivity (Wildman–Crippen MR) is 136 cm³/mol. The Morgan fingerprint density at radius 1 is 1.21 bits per heavy atom. The molecule has 0 amide bonds. The molecule has 0 spiro atoms. The Balaban J connectivity index is 1.21. The summed E-state index contributed by atoms with van der Waals surface area (Å²) in [6.07, 6.45) is 3.55. The third-order valence-corrected chi connectivity index (χ3v) is 8.18. The maximum absolute atomic E-state index is 10.8. The molecule has 174 valence electrons. The average molecular weight is 465 g/mol. The molecular weight excluding hydrogens is 432 g/mol. The maximum atomic E-state index is 10.8. The molecule has 5 rings (SSSR count). The number of piperidine rings is 1. The summed E-state index contributed by atoms with van der Waals surface area (Å²) >= 11 is 1.89. The zero-order valence-corrected chi connectivity index (χ0v) is 20.3. The van der Waals surface area contributed by atoms with E-state index in [1.807, 2.05) is 47.9 Å². The monoisotopic (exact) mass is 464 g/mol. The summed E-state index contributed by atoms with van der Waals surface area (Å²) in [5, 5.41) is 13.1. The van der Waals surface area contributed by atoms with Crippen LogP contribution in [0.25, 0.3) is 21.0 Å². The highest BCUT2D eigenvalue weighted by atomic mass is 32.1. The van der Waals surface area contributed by atoms with Crippen molar-refractivity contribution < 1.29 is 14.6 Å². The molecule has 2 N–H and O–H groups in total. The van der Waals surface area contributed by atoms with Crippen LogP contribution in [-0.4, -0.2) is 53.4 Å². The van der Waals surface area contributed by atoms with Gasteiger partial charge in [-0.2, -0.15) is 0 Å². The fourth-order valence-electron chi connectivity index (χ4n) is 5.07. The van der Waals surface area contributed by atoms with Crippen molar-refractivity contribution >= 4 is 32.3 Å². The van der Waals surface area contributed by atoms with Gasteiger partial charge in [-0.15, -0.1) is 11.3 Å². The number of hydrogen-bond acceptors (Lipinski definition) is 5. The largest absolute Gasteiger partial charge is 0.497 e. The Bertz CT molecular complexity index is 1240. The van der Waals surface area contributed by atoms with Gasteiger partial charge in [-0.3, -0.25) is 4.90 Å². The van der Waals surface area contributed by atoms with Gasteiger partial charge in [0.15, 0.2) is 0 Å². The lowest BCUT2D eigenvalue weighted by molar-refractivity contribution is 0.00396. The van der Waals surface area contributed by atoms with E-state index in [4.69, 9.17) is 9.47 Å². The normalized spacial score (nSPS) is 19.7. The molecule has 33 heavy (non-hydrogen) atoms. The van der Waals surface area contributed by atoms with Gasteiger partial charge in [-0.25, -0.2) is 0 Å². The fraction of sp³-hybridized carbons (Fsp3) is 0.407. The average Bonchev–Trinajstić information content (AvgIpc) is 3.45. The van der Waals surface area contributed by atoms with Gasteiger partial charge < -0.3 is 19.6 Å². The second-order valence-corrected chi connectivity index (χ2v) is 10.8. The summed E-state index contributed by atoms with van der Waals surface area (Å²) in [6, 6.07) is 16.6. The van der Waals surface area contributed by atoms with Gasteiger partial charge in [0.2, 0.25) is 0 Å². The van der Waals surface area contributed by atoms with Crippen LogP contribution in [-0.2, 0) is 0 Å². The van der Waals surface area contributed by atoms with Gasteiger partial charge >= 0.3 is 0 Å². The van der Waals surface area contributed by atoms with Crippen molar-refractivity contribution in [2.75, 3.05) is 26.8 Å². The second-order valence-electron chi connectivity index (χ2n) is 9.66. The summed E-state index contributed by atoms with van der Waals surface area (Å²) in [7, 11) is 1.72. The number of H-pyrrole nitrogens is 1. The van der Waals surface area contributed by atoms with Crippen LogP contribution in [0.15, 0.2) is 54.7 Å². The van der Waals surface area contributed by atoms with E-state index in [2.05, 4.69) is 41.9 Å². The molecule has 2 aromatic heterocycles. The lowest BCUT2D eigenvalue weighted by Crippen LogP contribution is -2.52. The highest BCUT2D eigenvalue weighted by Gasteiger charge is 2.36. The van der Waals surface area contributed by atoms with Gasteiger partial charge in [-0.05, 0) is 87.0 Å².